The monoisotopic (exact) mass is 334 g/mol. The normalized spacial score (nSPS) is 10.3. The molecule has 8 nitrogen and oxygen atoms in total. The summed E-state index contributed by atoms with van der Waals surface area (Å²) in [5, 5.41) is 25.6. The van der Waals surface area contributed by atoms with Crippen LogP contribution in [0, 0.1) is 10.1 Å². The maximum atomic E-state index is 11.6. The summed E-state index contributed by atoms with van der Waals surface area (Å²) < 4.78 is 0. The zero-order valence-electron chi connectivity index (χ0n) is 11.9. The number of amides is 1. The van der Waals surface area contributed by atoms with E-state index in [-0.39, 0.29) is 30.9 Å². The average molecular weight is 334 g/mol. The Morgan fingerprint density at radius 1 is 1.22 bits per heavy atom. The van der Waals surface area contributed by atoms with Gasteiger partial charge in [0.1, 0.15) is 0 Å². The summed E-state index contributed by atoms with van der Waals surface area (Å²) >= 11 is 1.22. The number of nitrogens with one attached hydrogen (secondary N) is 1. The number of aromatic nitrogens is 1. The second-order valence-electron chi connectivity index (χ2n) is 4.62. The van der Waals surface area contributed by atoms with Crippen LogP contribution in [0.1, 0.15) is 19.3 Å². The molecule has 23 heavy (non-hydrogen) atoms. The molecule has 0 bridgehead atoms. The minimum atomic E-state index is -1.19. The maximum absolute atomic E-state index is 11.6. The lowest BCUT2D eigenvalue weighted by Gasteiger charge is -2.02. The number of nitro groups is 1. The molecule has 120 valence electrons. The third-order valence-electron chi connectivity index (χ3n) is 2.91. The number of nitrogens with zero attached hydrogens (tertiary/aromatic N) is 2. The zero-order chi connectivity index (χ0) is 16.8. The molecule has 0 spiro atoms. The van der Waals surface area contributed by atoms with E-state index in [4.69, 9.17) is 0 Å². The molecular weight excluding hydrogens is 322 g/mol. The van der Waals surface area contributed by atoms with Crippen molar-refractivity contribution in [3.63, 3.8) is 0 Å². The molecule has 1 aromatic heterocycles. The third-order valence-corrected chi connectivity index (χ3v) is 3.67. The van der Waals surface area contributed by atoms with Gasteiger partial charge >= 0.3 is 0 Å². The van der Waals surface area contributed by atoms with Crippen molar-refractivity contribution in [2.45, 2.75) is 19.3 Å². The van der Waals surface area contributed by atoms with Gasteiger partial charge in [-0.15, -0.1) is 11.3 Å². The first-order valence-electron chi connectivity index (χ1n) is 6.66. The van der Waals surface area contributed by atoms with E-state index in [2.05, 4.69) is 10.3 Å². The summed E-state index contributed by atoms with van der Waals surface area (Å²) in [6.45, 7) is 0. The maximum Gasteiger partial charge on any atom is 0.269 e. The number of non-ortho nitro benzene ring substituents is 1. The number of carbonyl (C=O) groups excluding carboxylic acids is 2. The summed E-state index contributed by atoms with van der Waals surface area (Å²) in [6, 6.07) is 5.93. The molecule has 2 aromatic rings. The standard InChI is InChI=1S/C14H13N3O5S/c18-12(2-1-3-13(19)20)16-14-15-11(8-23-14)9-4-6-10(7-5-9)17(21)22/h4-8H,1-3H2,(H,19,20)(H,15,16,18)/p-1. The Morgan fingerprint density at radius 3 is 2.52 bits per heavy atom. The van der Waals surface area contributed by atoms with Crippen molar-refractivity contribution in [3.05, 3.63) is 39.8 Å². The molecular formula is C14H12N3O5S-. The number of nitro benzene ring substituents is 1. The summed E-state index contributed by atoms with van der Waals surface area (Å²) in [7, 11) is 0. The van der Waals surface area contributed by atoms with Crippen LogP contribution in [0.25, 0.3) is 11.3 Å². The molecule has 0 atom stereocenters. The van der Waals surface area contributed by atoms with Crippen molar-refractivity contribution in [1.82, 2.24) is 4.98 Å². The minimum absolute atomic E-state index is 0.00886. The SMILES string of the molecule is O=C([O-])CCCC(=O)Nc1nc(-c2ccc([N+](=O)[O-])cc2)cs1. The second kappa shape index (κ2) is 7.45. The second-order valence-corrected chi connectivity index (χ2v) is 5.47. The summed E-state index contributed by atoms with van der Waals surface area (Å²) in [6.07, 6.45) is 0.106. The van der Waals surface area contributed by atoms with Gasteiger partial charge in [0, 0.05) is 35.5 Å². The topological polar surface area (TPSA) is 125 Å². The van der Waals surface area contributed by atoms with E-state index in [1.165, 1.54) is 23.5 Å². The first-order valence-corrected chi connectivity index (χ1v) is 7.53. The molecule has 1 amide bonds. The highest BCUT2D eigenvalue weighted by atomic mass is 32.1. The average Bonchev–Trinajstić information content (AvgIpc) is 2.95. The van der Waals surface area contributed by atoms with Crippen LogP contribution < -0.4 is 10.4 Å². The molecule has 2 rings (SSSR count). The molecule has 1 N–H and O–H groups in total. The Hall–Kier alpha value is -2.81. The van der Waals surface area contributed by atoms with E-state index < -0.39 is 10.9 Å². The van der Waals surface area contributed by atoms with Gasteiger partial charge in [0.05, 0.1) is 10.6 Å². The molecule has 1 aromatic carbocycles. The van der Waals surface area contributed by atoms with Crippen molar-refractivity contribution < 1.29 is 19.6 Å². The highest BCUT2D eigenvalue weighted by molar-refractivity contribution is 7.14. The van der Waals surface area contributed by atoms with E-state index in [0.29, 0.717) is 16.4 Å². The number of carboxylic acid groups (broad SMARTS) is 1. The predicted octanol–water partition coefficient (Wildman–Crippen LogP) is 1.58. The van der Waals surface area contributed by atoms with E-state index in [1.807, 2.05) is 0 Å². The molecule has 0 fully saturated rings. The van der Waals surface area contributed by atoms with Gasteiger partial charge in [0.25, 0.3) is 5.69 Å². The summed E-state index contributed by atoms with van der Waals surface area (Å²) in [5.41, 5.74) is 1.28. The number of aliphatic carboxylic acids is 1. The lowest BCUT2D eigenvalue weighted by Crippen LogP contribution is -2.22. The molecule has 0 aliphatic rings. The van der Waals surface area contributed by atoms with E-state index in [9.17, 15) is 24.8 Å². The van der Waals surface area contributed by atoms with Crippen LogP contribution in [0.15, 0.2) is 29.6 Å². The largest absolute Gasteiger partial charge is 0.550 e. The highest BCUT2D eigenvalue weighted by Gasteiger charge is 2.10. The van der Waals surface area contributed by atoms with Gasteiger partial charge in [-0.3, -0.25) is 14.9 Å². The number of hydrogen-bond acceptors (Lipinski definition) is 7. The van der Waals surface area contributed by atoms with Crippen LogP contribution >= 0.6 is 11.3 Å². The van der Waals surface area contributed by atoms with Crippen LogP contribution in [0.3, 0.4) is 0 Å². The Balaban J connectivity index is 1.96. The molecule has 0 aliphatic heterocycles. The van der Waals surface area contributed by atoms with Crippen LogP contribution in [0.5, 0.6) is 0 Å². The van der Waals surface area contributed by atoms with Crippen molar-refractivity contribution in [2.75, 3.05) is 5.32 Å². The fraction of sp³-hybridized carbons (Fsp3) is 0.214. The van der Waals surface area contributed by atoms with Crippen molar-refractivity contribution in [3.8, 4) is 11.3 Å². The predicted molar refractivity (Wildman–Crippen MR) is 81.7 cm³/mol. The number of thiazole rings is 1. The van der Waals surface area contributed by atoms with Crippen LogP contribution in [0.4, 0.5) is 10.8 Å². The van der Waals surface area contributed by atoms with Crippen LogP contribution in [0.2, 0.25) is 0 Å². The Kier molecular flexibility index (Phi) is 5.36. The van der Waals surface area contributed by atoms with Gasteiger partial charge in [-0.2, -0.15) is 0 Å². The lowest BCUT2D eigenvalue weighted by molar-refractivity contribution is -0.384. The molecule has 0 aliphatic carbocycles. The van der Waals surface area contributed by atoms with Gasteiger partial charge in [-0.25, -0.2) is 4.98 Å². The third kappa shape index (κ3) is 4.85. The van der Waals surface area contributed by atoms with Gasteiger partial charge < -0.3 is 15.2 Å². The van der Waals surface area contributed by atoms with Crippen molar-refractivity contribution in [2.24, 2.45) is 0 Å². The Labute approximate surface area is 134 Å². The highest BCUT2D eigenvalue weighted by Crippen LogP contribution is 2.26. The minimum Gasteiger partial charge on any atom is -0.550 e. The lowest BCUT2D eigenvalue weighted by atomic mass is 10.1. The zero-order valence-corrected chi connectivity index (χ0v) is 12.7. The number of carboxylic acids is 1. The number of rotatable bonds is 7. The van der Waals surface area contributed by atoms with Crippen molar-refractivity contribution >= 4 is 34.0 Å². The summed E-state index contributed by atoms with van der Waals surface area (Å²) in [5.74, 6) is -1.51. The molecule has 0 saturated heterocycles. The number of anilines is 1. The molecule has 9 heteroatoms. The quantitative estimate of drug-likeness (QED) is 0.605. The first-order chi connectivity index (χ1) is 11.0. The van der Waals surface area contributed by atoms with E-state index in [0.717, 1.165) is 0 Å². The number of carbonyl (C=O) groups is 2. The molecule has 0 unspecified atom stereocenters. The fourth-order valence-electron chi connectivity index (χ4n) is 1.79. The molecule has 0 radical (unpaired) electrons. The number of hydrogen-bond donors (Lipinski definition) is 1. The Bertz CT molecular complexity index is 726. The Morgan fingerprint density at radius 2 is 1.91 bits per heavy atom. The molecule has 0 saturated carbocycles. The van der Waals surface area contributed by atoms with Gasteiger partial charge in [0.2, 0.25) is 5.91 Å². The van der Waals surface area contributed by atoms with E-state index >= 15 is 0 Å². The summed E-state index contributed by atoms with van der Waals surface area (Å²) in [4.78, 5) is 36.2. The van der Waals surface area contributed by atoms with Crippen molar-refractivity contribution in [1.29, 1.82) is 0 Å². The first kappa shape index (κ1) is 16.6. The molecule has 1 heterocycles. The van der Waals surface area contributed by atoms with Gasteiger partial charge in [-0.1, -0.05) is 0 Å². The van der Waals surface area contributed by atoms with Crippen LogP contribution in [-0.4, -0.2) is 21.8 Å². The fourth-order valence-corrected chi connectivity index (χ4v) is 2.53. The van der Waals surface area contributed by atoms with Crippen LogP contribution in [-0.2, 0) is 9.59 Å². The van der Waals surface area contributed by atoms with Gasteiger partial charge in [0.15, 0.2) is 5.13 Å². The smallest absolute Gasteiger partial charge is 0.269 e. The number of benzene rings is 1. The van der Waals surface area contributed by atoms with Gasteiger partial charge in [-0.05, 0) is 25.0 Å². The van der Waals surface area contributed by atoms with E-state index in [1.54, 1.807) is 17.5 Å².